The highest BCUT2D eigenvalue weighted by Gasteiger charge is 2.36. The highest BCUT2D eigenvalue weighted by Crippen LogP contribution is 2.28. The summed E-state index contributed by atoms with van der Waals surface area (Å²) in [5.74, 6) is -4.12. The number of nitrogens with zero attached hydrogens (tertiary/aromatic N) is 6. The van der Waals surface area contributed by atoms with Crippen LogP contribution < -0.4 is 4.94 Å². The van der Waals surface area contributed by atoms with Crippen LogP contribution in [-0.2, 0) is 18.5 Å². The number of hydrogen-bond donors (Lipinski definition) is 3. The van der Waals surface area contributed by atoms with E-state index in [0.29, 0.717) is 0 Å². The normalized spacial score (nSPS) is 9.74. The zero-order chi connectivity index (χ0) is 35.5. The van der Waals surface area contributed by atoms with Gasteiger partial charge in [-0.15, -0.1) is 15.3 Å². The van der Waals surface area contributed by atoms with Gasteiger partial charge >= 0.3 is 30.6 Å². The van der Waals surface area contributed by atoms with Crippen molar-refractivity contribution in [1.29, 1.82) is 0 Å². The summed E-state index contributed by atoms with van der Waals surface area (Å²) in [5, 5.41) is 12.0. The summed E-state index contributed by atoms with van der Waals surface area (Å²) in [6.45, 7) is 6.67. The van der Waals surface area contributed by atoms with Crippen molar-refractivity contribution < 1.29 is 83.6 Å². The molecule has 0 spiro atoms. The molecule has 0 amide bonds. The van der Waals surface area contributed by atoms with Gasteiger partial charge in [-0.05, 0) is 19.7 Å². The van der Waals surface area contributed by atoms with E-state index in [0.717, 1.165) is 0 Å². The maximum atomic E-state index is 11.7. The number of aromatic nitrogens is 9. The molecule has 3 aromatic heterocycles. The third-order valence-electron chi connectivity index (χ3n) is 2.33. The van der Waals surface area contributed by atoms with E-state index < -0.39 is 83.6 Å². The Balaban J connectivity index is -0.000000112. The van der Waals surface area contributed by atoms with Crippen molar-refractivity contribution in [3.05, 3.63) is 61.5 Å². The van der Waals surface area contributed by atoms with Gasteiger partial charge in [0.1, 0.15) is 12.1 Å². The summed E-state index contributed by atoms with van der Waals surface area (Å²) < 4.78 is 200. The molecule has 0 aliphatic heterocycles. The maximum Gasteiger partial charge on any atom is 0.451 e. The lowest BCUT2D eigenvalue weighted by Gasteiger charge is -1.97. The van der Waals surface area contributed by atoms with E-state index in [9.17, 15) is 78.7 Å². The van der Waals surface area contributed by atoms with E-state index in [-0.39, 0.29) is 22.3 Å². The van der Waals surface area contributed by atoms with Crippen LogP contribution >= 0.6 is 12.1 Å². The number of aromatic amines is 3. The monoisotopic (exact) mass is 753 g/mol. The second-order valence-corrected chi connectivity index (χ2v) is 6.07. The van der Waals surface area contributed by atoms with Gasteiger partial charge in [0, 0.05) is 4.53 Å². The molecule has 3 N–H and O–H groups in total. The smallest absolute Gasteiger partial charge is 0.254 e. The van der Waals surface area contributed by atoms with Gasteiger partial charge < -0.3 is 0 Å². The molecule has 0 aromatic carbocycles. The molecule has 0 unspecified atom stereocenters. The molecule has 0 atom stereocenters. The summed E-state index contributed by atoms with van der Waals surface area (Å²) in [6.07, 6.45) is -20.8. The van der Waals surface area contributed by atoms with Crippen molar-refractivity contribution >= 4 is 12.1 Å². The summed E-state index contributed by atoms with van der Waals surface area (Å²) in [6, 6.07) is -0.989. The highest BCUT2D eigenvalue weighted by atomic mass is 32.2. The van der Waals surface area contributed by atoms with Crippen molar-refractivity contribution in [2.24, 2.45) is 0 Å². The van der Waals surface area contributed by atoms with Crippen LogP contribution in [-0.4, -0.2) is 45.5 Å². The number of rotatable bonds is 2. The first-order chi connectivity index (χ1) is 19.8. The van der Waals surface area contributed by atoms with Crippen molar-refractivity contribution in [1.82, 2.24) is 45.5 Å². The van der Waals surface area contributed by atoms with E-state index >= 15 is 0 Å². The Kier molecular flexibility index (Phi) is 30.0. The first-order valence-corrected chi connectivity index (χ1v) is 9.70. The SMILES string of the molecule is C.C.C.C=C(F)F.C=C(F)F.C=C(F)F.FOc1n[nH]c(C(F)(F)F)n1.FSc1n[nH]c(C(F)(F)F)n1.Fc1n[nH]c(C(F)(F)F)n1. The number of nitrogens with one attached hydrogen (secondary N) is 3. The highest BCUT2D eigenvalue weighted by molar-refractivity contribution is 7.94. The molecule has 3 aromatic rings. The van der Waals surface area contributed by atoms with Gasteiger partial charge in [-0.2, -0.15) is 89.1 Å². The van der Waals surface area contributed by atoms with Crippen molar-refractivity contribution in [2.45, 2.75) is 46.0 Å². The standard InChI is InChI=1S/C3HF4N3O.C3HF4N3S.C3HF4N3.3C2H2F2.3CH4/c2*4-3(5,6)1-8-2(11-7)10-9-1;4-2-8-1(9-10-2)3(5,6)7;3*1-2(3)4;;;/h2*(H,8,9,10);(H,8,9,10);3*1H2;3*1H4. The molecule has 0 aliphatic carbocycles. The third kappa shape index (κ3) is 32.7. The van der Waals surface area contributed by atoms with E-state index in [2.05, 4.69) is 54.9 Å². The van der Waals surface area contributed by atoms with Gasteiger partial charge in [0.25, 0.3) is 18.2 Å². The molecule has 0 fully saturated rings. The lowest BCUT2D eigenvalue weighted by atomic mass is 10.6. The van der Waals surface area contributed by atoms with Gasteiger partial charge in [0.05, 0.1) is 0 Å². The van der Waals surface area contributed by atoms with Crippen LogP contribution in [0.3, 0.4) is 0 Å². The fourth-order valence-electron chi connectivity index (χ4n) is 1.18. The maximum absolute atomic E-state index is 11.7. The quantitative estimate of drug-likeness (QED) is 0.220. The van der Waals surface area contributed by atoms with Gasteiger partial charge in [-0.1, -0.05) is 22.3 Å². The molecule has 0 saturated carbocycles. The molecule has 3 rings (SSSR count). The lowest BCUT2D eigenvalue weighted by molar-refractivity contribution is -0.145. The Labute approximate surface area is 255 Å². The van der Waals surface area contributed by atoms with Crippen molar-refractivity contribution in [3.8, 4) is 6.01 Å². The molecule has 10 nitrogen and oxygen atoms in total. The number of H-pyrrole nitrogens is 3. The minimum Gasteiger partial charge on any atom is -0.254 e. The summed E-state index contributed by atoms with van der Waals surface area (Å²) in [7, 11) is 0. The Bertz CT molecular complexity index is 1160. The second-order valence-electron chi connectivity index (χ2n) is 5.55. The largest absolute Gasteiger partial charge is 0.451 e. The minimum absolute atomic E-state index is 0. The zero-order valence-corrected chi connectivity index (χ0v) is 20.7. The minimum atomic E-state index is -4.66. The molecule has 3 heterocycles. The first-order valence-electron chi connectivity index (χ1n) is 8.98. The van der Waals surface area contributed by atoms with E-state index in [4.69, 9.17) is 0 Å². The molecule has 29 heteroatoms. The lowest BCUT2D eigenvalue weighted by Crippen LogP contribution is -2.07. The Morgan fingerprint density at radius 2 is 0.872 bits per heavy atom. The van der Waals surface area contributed by atoms with Crippen LogP contribution in [0, 0.1) is 6.08 Å². The average molecular weight is 753 g/mol. The number of alkyl halides is 9. The summed E-state index contributed by atoms with van der Waals surface area (Å²) in [5.41, 5.74) is 0. The summed E-state index contributed by atoms with van der Waals surface area (Å²) in [4.78, 5) is 10.7. The van der Waals surface area contributed by atoms with Crippen LogP contribution in [0.25, 0.3) is 0 Å². The van der Waals surface area contributed by atoms with Crippen LogP contribution in [0.4, 0.5) is 78.7 Å². The topological polar surface area (TPSA) is 134 Å². The van der Waals surface area contributed by atoms with E-state index in [1.807, 2.05) is 0 Å². The van der Waals surface area contributed by atoms with Crippen LogP contribution in [0.15, 0.2) is 43.1 Å². The van der Waals surface area contributed by atoms with Gasteiger partial charge in [0.15, 0.2) is 0 Å². The molecule has 0 aliphatic rings. The van der Waals surface area contributed by atoms with Crippen LogP contribution in [0.2, 0.25) is 0 Å². The predicted molar refractivity (Wildman–Crippen MR) is 127 cm³/mol. The van der Waals surface area contributed by atoms with Crippen LogP contribution in [0.1, 0.15) is 39.8 Å². The summed E-state index contributed by atoms with van der Waals surface area (Å²) >= 11 is -0.448. The Morgan fingerprint density at radius 1 is 0.574 bits per heavy atom. The Hall–Kier alpha value is -4.47. The van der Waals surface area contributed by atoms with E-state index in [1.54, 1.807) is 5.10 Å². The first kappa shape index (κ1) is 55.0. The Morgan fingerprint density at radius 3 is 1.04 bits per heavy atom. The van der Waals surface area contributed by atoms with Gasteiger partial charge in [0.2, 0.25) is 22.6 Å². The second kappa shape index (κ2) is 25.7. The van der Waals surface area contributed by atoms with Crippen LogP contribution in [0.5, 0.6) is 6.01 Å². The molecule has 276 valence electrons. The van der Waals surface area contributed by atoms with Gasteiger partial charge in [-0.25, -0.2) is 4.94 Å². The van der Waals surface area contributed by atoms with Crippen molar-refractivity contribution in [2.75, 3.05) is 0 Å². The number of halogens is 18. The predicted octanol–water partition coefficient (Wildman–Crippen LogP) is 9.95. The third-order valence-corrected chi connectivity index (χ3v) is 2.65. The molecule has 0 bridgehead atoms. The molecule has 0 radical (unpaired) electrons. The fourth-order valence-corrected chi connectivity index (χ4v) is 1.39. The fraction of sp³-hybridized carbons (Fsp3) is 0.333. The van der Waals surface area contributed by atoms with Crippen molar-refractivity contribution in [3.63, 3.8) is 0 Å². The zero-order valence-electron chi connectivity index (χ0n) is 19.9. The van der Waals surface area contributed by atoms with E-state index in [1.165, 1.54) is 10.2 Å². The molecular formula is C18H21F18N9OS. The van der Waals surface area contributed by atoms with Gasteiger partial charge in [-0.3, -0.25) is 15.3 Å². The molecule has 0 saturated heterocycles. The number of hydrogen-bond acceptors (Lipinski definition) is 8. The molecule has 47 heavy (non-hydrogen) atoms. The molecular weight excluding hydrogens is 732 g/mol. The average Bonchev–Trinajstić information content (AvgIpc) is 3.58.